The number of carbonyl (C=O) groups excluding carboxylic acids is 1. The van der Waals surface area contributed by atoms with Gasteiger partial charge in [-0.05, 0) is 30.5 Å². The molecule has 0 aliphatic heterocycles. The molecule has 102 valence electrons. The fourth-order valence-electron chi connectivity index (χ4n) is 1.92. The van der Waals surface area contributed by atoms with Gasteiger partial charge in [0.2, 0.25) is 0 Å². The third-order valence-corrected chi connectivity index (χ3v) is 4.87. The molecule has 0 aromatic carbocycles. The minimum Gasteiger partial charge on any atom is -0.477 e. The van der Waals surface area contributed by atoms with Crippen molar-refractivity contribution >= 4 is 49.6 Å². The van der Waals surface area contributed by atoms with E-state index in [9.17, 15) is 9.59 Å². The minimum absolute atomic E-state index is 0.00535. The first-order chi connectivity index (χ1) is 9.54. The van der Waals surface area contributed by atoms with E-state index in [2.05, 4.69) is 10.3 Å². The Bertz CT molecular complexity index is 784. The van der Waals surface area contributed by atoms with Crippen molar-refractivity contribution in [1.82, 2.24) is 4.98 Å². The number of hydrogen-bond donors (Lipinski definition) is 3. The Labute approximate surface area is 121 Å². The Morgan fingerprint density at radius 3 is 2.80 bits per heavy atom. The topological polar surface area (TPSA) is 82.2 Å². The van der Waals surface area contributed by atoms with Gasteiger partial charge in [0.25, 0.3) is 5.91 Å². The molecule has 3 rings (SSSR count). The lowest BCUT2D eigenvalue weighted by atomic mass is 10.3. The number of fused-ring (bicyclic) bond motifs is 1. The quantitative estimate of drug-likeness (QED) is 0.692. The van der Waals surface area contributed by atoms with Crippen molar-refractivity contribution in [2.45, 2.75) is 6.92 Å². The van der Waals surface area contributed by atoms with Crippen LogP contribution < -0.4 is 5.32 Å². The van der Waals surface area contributed by atoms with Crippen LogP contribution in [0, 0.1) is 6.92 Å². The summed E-state index contributed by atoms with van der Waals surface area (Å²) in [5.74, 6) is -1.39. The molecule has 0 aliphatic rings. The zero-order valence-corrected chi connectivity index (χ0v) is 12.0. The monoisotopic (exact) mass is 306 g/mol. The molecule has 0 saturated heterocycles. The van der Waals surface area contributed by atoms with Gasteiger partial charge in [0.05, 0.1) is 10.6 Å². The van der Waals surface area contributed by atoms with Crippen molar-refractivity contribution in [2.75, 3.05) is 5.32 Å². The zero-order valence-electron chi connectivity index (χ0n) is 10.4. The molecule has 3 heterocycles. The molecule has 0 spiro atoms. The number of aryl methyl sites for hydroxylation is 1. The Kier molecular flexibility index (Phi) is 3.07. The third kappa shape index (κ3) is 2.21. The molecule has 20 heavy (non-hydrogen) atoms. The number of amides is 1. The number of nitrogens with one attached hydrogen (secondary N) is 2. The molecular weight excluding hydrogens is 296 g/mol. The summed E-state index contributed by atoms with van der Waals surface area (Å²) in [7, 11) is 0. The van der Waals surface area contributed by atoms with Crippen molar-refractivity contribution < 1.29 is 14.7 Å². The molecule has 1 amide bonds. The van der Waals surface area contributed by atoms with Gasteiger partial charge in [-0.15, -0.1) is 22.7 Å². The molecule has 3 N–H and O–H groups in total. The lowest BCUT2D eigenvalue weighted by Gasteiger charge is -2.01. The molecule has 0 aliphatic carbocycles. The van der Waals surface area contributed by atoms with Crippen LogP contribution in [0.3, 0.4) is 0 Å². The van der Waals surface area contributed by atoms with Crippen LogP contribution in [0.2, 0.25) is 0 Å². The van der Waals surface area contributed by atoms with Crippen LogP contribution in [0.5, 0.6) is 0 Å². The van der Waals surface area contributed by atoms with Gasteiger partial charge < -0.3 is 15.4 Å². The van der Waals surface area contributed by atoms with Crippen LogP contribution in [0.4, 0.5) is 5.69 Å². The largest absolute Gasteiger partial charge is 0.477 e. The van der Waals surface area contributed by atoms with Gasteiger partial charge in [0.15, 0.2) is 0 Å². The molecule has 0 bridgehead atoms. The predicted octanol–water partition coefficient (Wildman–Crippen LogP) is 3.55. The van der Waals surface area contributed by atoms with E-state index in [0.29, 0.717) is 10.6 Å². The maximum Gasteiger partial charge on any atom is 0.354 e. The fourth-order valence-corrected chi connectivity index (χ4v) is 3.92. The third-order valence-electron chi connectivity index (χ3n) is 2.78. The number of carboxylic acids is 1. The first-order valence-electron chi connectivity index (χ1n) is 5.76. The number of hydrogen-bond acceptors (Lipinski definition) is 4. The van der Waals surface area contributed by atoms with E-state index in [1.165, 1.54) is 11.3 Å². The van der Waals surface area contributed by atoms with E-state index >= 15 is 0 Å². The Hall–Kier alpha value is -2.12. The molecular formula is C13H10N2O3S2. The second kappa shape index (κ2) is 4.77. The molecule has 0 atom stereocenters. The lowest BCUT2D eigenvalue weighted by molar-refractivity contribution is 0.0692. The number of H-pyrrole nitrogens is 1. The highest BCUT2D eigenvalue weighted by Crippen LogP contribution is 2.30. The number of carbonyl (C=O) groups is 2. The van der Waals surface area contributed by atoms with E-state index in [-0.39, 0.29) is 17.3 Å². The first kappa shape index (κ1) is 12.9. The van der Waals surface area contributed by atoms with E-state index in [0.717, 1.165) is 9.40 Å². The number of anilines is 1. The normalized spacial score (nSPS) is 10.8. The first-order valence-corrected chi connectivity index (χ1v) is 7.45. The molecule has 0 unspecified atom stereocenters. The summed E-state index contributed by atoms with van der Waals surface area (Å²) in [6.07, 6.45) is 0. The summed E-state index contributed by atoms with van der Waals surface area (Å²) in [5, 5.41) is 13.7. The molecule has 3 aromatic rings. The molecule has 5 nitrogen and oxygen atoms in total. The fraction of sp³-hybridized carbons (Fsp3) is 0.0769. The Morgan fingerprint density at radius 1 is 1.30 bits per heavy atom. The summed E-state index contributed by atoms with van der Waals surface area (Å²) < 4.78 is 2.12. The number of aromatic nitrogens is 1. The average Bonchev–Trinajstić information content (AvgIpc) is 3.01. The summed E-state index contributed by atoms with van der Waals surface area (Å²) in [5.41, 5.74) is 0.968. The van der Waals surface area contributed by atoms with E-state index in [1.54, 1.807) is 24.3 Å². The number of aromatic carboxylic acids is 1. The lowest BCUT2D eigenvalue weighted by Crippen LogP contribution is -2.12. The van der Waals surface area contributed by atoms with Crippen molar-refractivity contribution in [3.8, 4) is 0 Å². The van der Waals surface area contributed by atoms with E-state index in [4.69, 9.17) is 5.11 Å². The minimum atomic E-state index is -1.10. The van der Waals surface area contributed by atoms with Crippen molar-refractivity contribution in [1.29, 1.82) is 0 Å². The van der Waals surface area contributed by atoms with Crippen LogP contribution in [0.1, 0.15) is 25.9 Å². The average molecular weight is 306 g/mol. The smallest absolute Gasteiger partial charge is 0.354 e. The summed E-state index contributed by atoms with van der Waals surface area (Å²) in [4.78, 5) is 26.5. The van der Waals surface area contributed by atoms with Gasteiger partial charge in [0.1, 0.15) is 5.69 Å². The molecule has 3 aromatic heterocycles. The summed E-state index contributed by atoms with van der Waals surface area (Å²) in [6.45, 7) is 1.74. The number of rotatable bonds is 3. The Morgan fingerprint density at radius 2 is 2.10 bits per heavy atom. The van der Waals surface area contributed by atoms with Gasteiger partial charge in [-0.2, -0.15) is 0 Å². The van der Waals surface area contributed by atoms with Crippen LogP contribution in [0.25, 0.3) is 9.40 Å². The highest BCUT2D eigenvalue weighted by molar-refractivity contribution is 7.27. The SMILES string of the molecule is Cc1cc(NC(=O)c2cc3sccc3s2)c(C(=O)O)[nH]1. The van der Waals surface area contributed by atoms with Gasteiger partial charge >= 0.3 is 5.97 Å². The zero-order chi connectivity index (χ0) is 14.3. The molecule has 0 radical (unpaired) electrons. The second-order valence-electron chi connectivity index (χ2n) is 4.26. The van der Waals surface area contributed by atoms with Crippen molar-refractivity contribution in [2.24, 2.45) is 0 Å². The van der Waals surface area contributed by atoms with Gasteiger partial charge in [-0.25, -0.2) is 4.79 Å². The van der Waals surface area contributed by atoms with Crippen LogP contribution >= 0.6 is 22.7 Å². The number of aromatic amines is 1. The number of carboxylic acid groups (broad SMARTS) is 1. The summed E-state index contributed by atoms with van der Waals surface area (Å²) in [6, 6.07) is 5.39. The van der Waals surface area contributed by atoms with E-state index < -0.39 is 5.97 Å². The van der Waals surface area contributed by atoms with Crippen LogP contribution in [-0.2, 0) is 0 Å². The highest BCUT2D eigenvalue weighted by atomic mass is 32.1. The van der Waals surface area contributed by atoms with Gasteiger partial charge in [-0.3, -0.25) is 4.79 Å². The highest BCUT2D eigenvalue weighted by Gasteiger charge is 2.17. The van der Waals surface area contributed by atoms with Crippen molar-refractivity contribution in [3.63, 3.8) is 0 Å². The summed E-state index contributed by atoms with van der Waals surface area (Å²) >= 11 is 2.97. The van der Waals surface area contributed by atoms with Crippen LogP contribution in [-0.4, -0.2) is 22.0 Å². The van der Waals surface area contributed by atoms with E-state index in [1.807, 2.05) is 17.5 Å². The maximum absolute atomic E-state index is 12.2. The molecule has 7 heteroatoms. The second-order valence-corrected chi connectivity index (χ2v) is 6.29. The van der Waals surface area contributed by atoms with Gasteiger partial charge in [-0.1, -0.05) is 0 Å². The Balaban J connectivity index is 1.89. The number of thiophene rings is 2. The molecule has 0 saturated carbocycles. The van der Waals surface area contributed by atoms with Crippen LogP contribution in [0.15, 0.2) is 23.6 Å². The maximum atomic E-state index is 12.2. The standard InChI is InChI=1S/C13H10N2O3S2/c1-6-4-7(11(14-6)13(17)18)15-12(16)10-5-9-8(20-10)2-3-19-9/h2-5,14H,1H3,(H,15,16)(H,17,18). The predicted molar refractivity (Wildman–Crippen MR) is 80.1 cm³/mol. The van der Waals surface area contributed by atoms with Crippen molar-refractivity contribution in [3.05, 3.63) is 39.8 Å². The molecule has 0 fully saturated rings. The van der Waals surface area contributed by atoms with Gasteiger partial charge in [0, 0.05) is 15.1 Å².